The van der Waals surface area contributed by atoms with E-state index in [-0.39, 0.29) is 5.82 Å². The number of hydrogen-bond acceptors (Lipinski definition) is 3. The van der Waals surface area contributed by atoms with Gasteiger partial charge in [0, 0.05) is 19.5 Å². The molecule has 1 unspecified atom stereocenters. The zero-order valence-corrected chi connectivity index (χ0v) is 14.5. The molecule has 1 N–H and O–H groups in total. The number of rotatable bonds is 7. The first-order valence-corrected chi connectivity index (χ1v) is 9.04. The molecule has 0 amide bonds. The highest BCUT2D eigenvalue weighted by Gasteiger charge is 2.36. The third-order valence-corrected chi connectivity index (χ3v) is 4.89. The molecule has 4 heteroatoms. The fourth-order valence-corrected chi connectivity index (χ4v) is 3.44. The lowest BCUT2D eigenvalue weighted by Gasteiger charge is -2.42. The van der Waals surface area contributed by atoms with Crippen molar-refractivity contribution in [2.24, 2.45) is 0 Å². The second kappa shape index (κ2) is 8.56. The van der Waals surface area contributed by atoms with Crippen LogP contribution in [0.1, 0.15) is 36.8 Å². The number of aliphatic hydroxyl groups is 1. The van der Waals surface area contributed by atoms with Crippen LogP contribution in [0, 0.1) is 5.82 Å². The SMILES string of the molecule is OC(CCOCc1ccccc1)(c1ccc(F)cc1)N1CCCCC1. The first kappa shape index (κ1) is 18.1. The molecule has 3 rings (SSSR count). The molecule has 134 valence electrons. The number of likely N-dealkylation sites (tertiary alicyclic amines) is 1. The van der Waals surface area contributed by atoms with E-state index >= 15 is 0 Å². The molecule has 0 bridgehead atoms. The molecule has 0 aliphatic carbocycles. The highest BCUT2D eigenvalue weighted by atomic mass is 19.1. The van der Waals surface area contributed by atoms with Gasteiger partial charge in [-0.1, -0.05) is 48.9 Å². The number of benzene rings is 2. The van der Waals surface area contributed by atoms with Gasteiger partial charge in [-0.15, -0.1) is 0 Å². The Morgan fingerprint density at radius 2 is 1.64 bits per heavy atom. The van der Waals surface area contributed by atoms with E-state index in [9.17, 15) is 9.50 Å². The van der Waals surface area contributed by atoms with Crippen molar-refractivity contribution in [1.29, 1.82) is 0 Å². The average Bonchev–Trinajstić information content (AvgIpc) is 2.67. The quantitative estimate of drug-likeness (QED) is 0.770. The second-order valence-corrected chi connectivity index (χ2v) is 6.66. The smallest absolute Gasteiger partial charge is 0.146 e. The van der Waals surface area contributed by atoms with Crippen LogP contribution in [0.4, 0.5) is 4.39 Å². The molecular formula is C21H26FNO2. The Hall–Kier alpha value is -1.75. The van der Waals surface area contributed by atoms with Gasteiger partial charge in [-0.2, -0.15) is 0 Å². The third-order valence-electron chi connectivity index (χ3n) is 4.89. The summed E-state index contributed by atoms with van der Waals surface area (Å²) in [6.45, 7) is 2.68. The maximum Gasteiger partial charge on any atom is 0.146 e. The van der Waals surface area contributed by atoms with Crippen molar-refractivity contribution >= 4 is 0 Å². The van der Waals surface area contributed by atoms with Crippen LogP contribution in [-0.4, -0.2) is 29.7 Å². The third kappa shape index (κ3) is 4.66. The molecule has 1 heterocycles. The summed E-state index contributed by atoms with van der Waals surface area (Å²) in [7, 11) is 0. The summed E-state index contributed by atoms with van der Waals surface area (Å²) in [5.41, 5.74) is 0.745. The van der Waals surface area contributed by atoms with Crippen LogP contribution in [0.25, 0.3) is 0 Å². The van der Waals surface area contributed by atoms with E-state index in [2.05, 4.69) is 4.90 Å². The van der Waals surface area contributed by atoms with Crippen molar-refractivity contribution in [3.8, 4) is 0 Å². The Labute approximate surface area is 149 Å². The van der Waals surface area contributed by atoms with Crippen LogP contribution in [0.5, 0.6) is 0 Å². The van der Waals surface area contributed by atoms with Crippen LogP contribution >= 0.6 is 0 Å². The largest absolute Gasteiger partial charge is 0.377 e. The topological polar surface area (TPSA) is 32.7 Å². The van der Waals surface area contributed by atoms with Gasteiger partial charge in [0.1, 0.15) is 11.5 Å². The number of hydrogen-bond donors (Lipinski definition) is 1. The average molecular weight is 343 g/mol. The standard InChI is InChI=1S/C21H26FNO2/c22-20-11-9-19(10-12-20)21(24,23-14-5-2-6-15-23)13-16-25-17-18-7-3-1-4-8-18/h1,3-4,7-12,24H,2,5-6,13-17H2. The summed E-state index contributed by atoms with van der Waals surface area (Å²) >= 11 is 0. The normalized spacial score (nSPS) is 18.0. The van der Waals surface area contributed by atoms with E-state index in [1.54, 1.807) is 12.1 Å². The molecular weight excluding hydrogens is 317 g/mol. The molecule has 1 aliphatic heterocycles. The molecule has 1 aliphatic rings. The minimum Gasteiger partial charge on any atom is -0.377 e. The minimum atomic E-state index is -1.11. The highest BCUT2D eigenvalue weighted by molar-refractivity contribution is 5.23. The lowest BCUT2D eigenvalue weighted by molar-refractivity contribution is -0.140. The van der Waals surface area contributed by atoms with Crippen LogP contribution in [0.3, 0.4) is 0 Å². The van der Waals surface area contributed by atoms with Gasteiger partial charge < -0.3 is 9.84 Å². The Kier molecular flexibility index (Phi) is 6.19. The van der Waals surface area contributed by atoms with Crippen LogP contribution in [-0.2, 0) is 17.1 Å². The van der Waals surface area contributed by atoms with Gasteiger partial charge in [0.2, 0.25) is 0 Å². The van der Waals surface area contributed by atoms with Crippen molar-refractivity contribution in [3.63, 3.8) is 0 Å². The lowest BCUT2D eigenvalue weighted by Crippen LogP contribution is -2.49. The molecule has 2 aromatic carbocycles. The highest BCUT2D eigenvalue weighted by Crippen LogP contribution is 2.32. The minimum absolute atomic E-state index is 0.287. The van der Waals surface area contributed by atoms with Gasteiger partial charge in [-0.3, -0.25) is 4.90 Å². The molecule has 0 spiro atoms. The van der Waals surface area contributed by atoms with Crippen LogP contribution in [0.2, 0.25) is 0 Å². The van der Waals surface area contributed by atoms with E-state index in [4.69, 9.17) is 4.74 Å². The van der Waals surface area contributed by atoms with Gasteiger partial charge >= 0.3 is 0 Å². The molecule has 0 aromatic heterocycles. The predicted octanol–water partition coefficient (Wildman–Crippen LogP) is 4.06. The second-order valence-electron chi connectivity index (χ2n) is 6.66. The van der Waals surface area contributed by atoms with Crippen molar-refractivity contribution in [2.45, 2.75) is 38.0 Å². The molecule has 3 nitrogen and oxygen atoms in total. The summed E-state index contributed by atoms with van der Waals surface area (Å²) in [5.74, 6) is -0.287. The molecule has 1 atom stereocenters. The van der Waals surface area contributed by atoms with Crippen molar-refractivity contribution < 1.29 is 14.2 Å². The maximum absolute atomic E-state index is 13.3. The van der Waals surface area contributed by atoms with E-state index in [1.165, 1.54) is 18.6 Å². The van der Waals surface area contributed by atoms with E-state index in [0.717, 1.165) is 37.1 Å². The number of piperidine rings is 1. The Morgan fingerprint density at radius 3 is 2.32 bits per heavy atom. The fraction of sp³-hybridized carbons (Fsp3) is 0.429. The molecule has 0 radical (unpaired) electrons. The molecule has 1 fully saturated rings. The molecule has 1 saturated heterocycles. The van der Waals surface area contributed by atoms with Crippen molar-refractivity contribution in [3.05, 3.63) is 71.5 Å². The van der Waals surface area contributed by atoms with Gasteiger partial charge in [0.15, 0.2) is 0 Å². The summed E-state index contributed by atoms with van der Waals surface area (Å²) in [4.78, 5) is 2.11. The molecule has 2 aromatic rings. The number of nitrogens with zero attached hydrogens (tertiary/aromatic N) is 1. The van der Waals surface area contributed by atoms with E-state index in [0.29, 0.717) is 19.6 Å². The zero-order valence-electron chi connectivity index (χ0n) is 14.5. The Morgan fingerprint density at radius 1 is 0.960 bits per heavy atom. The lowest BCUT2D eigenvalue weighted by atomic mass is 9.95. The van der Waals surface area contributed by atoms with Gasteiger partial charge in [0.25, 0.3) is 0 Å². The monoisotopic (exact) mass is 343 g/mol. The number of halogens is 1. The van der Waals surface area contributed by atoms with Gasteiger partial charge in [-0.05, 0) is 36.1 Å². The summed E-state index contributed by atoms with van der Waals surface area (Å²) < 4.78 is 19.1. The van der Waals surface area contributed by atoms with E-state index < -0.39 is 5.72 Å². The Bertz CT molecular complexity index is 641. The summed E-state index contributed by atoms with van der Waals surface area (Å²) in [6, 6.07) is 16.2. The molecule has 25 heavy (non-hydrogen) atoms. The zero-order chi connectivity index (χ0) is 17.5. The van der Waals surface area contributed by atoms with E-state index in [1.807, 2.05) is 30.3 Å². The van der Waals surface area contributed by atoms with Crippen LogP contribution < -0.4 is 0 Å². The summed E-state index contributed by atoms with van der Waals surface area (Å²) in [5, 5.41) is 11.4. The van der Waals surface area contributed by atoms with Crippen LogP contribution in [0.15, 0.2) is 54.6 Å². The van der Waals surface area contributed by atoms with Gasteiger partial charge in [0.05, 0.1) is 13.2 Å². The fourth-order valence-electron chi connectivity index (χ4n) is 3.44. The Balaban J connectivity index is 1.66. The number of ether oxygens (including phenoxy) is 1. The maximum atomic E-state index is 13.3. The first-order valence-electron chi connectivity index (χ1n) is 9.04. The summed E-state index contributed by atoms with van der Waals surface area (Å²) in [6.07, 6.45) is 3.81. The first-order chi connectivity index (χ1) is 12.2. The van der Waals surface area contributed by atoms with Crippen molar-refractivity contribution in [1.82, 2.24) is 4.90 Å². The predicted molar refractivity (Wildman–Crippen MR) is 96.4 cm³/mol. The van der Waals surface area contributed by atoms with Gasteiger partial charge in [-0.25, -0.2) is 4.39 Å². The van der Waals surface area contributed by atoms with Crippen molar-refractivity contribution in [2.75, 3.05) is 19.7 Å². The molecule has 0 saturated carbocycles.